The van der Waals surface area contributed by atoms with E-state index >= 15 is 0 Å². The van der Waals surface area contributed by atoms with Gasteiger partial charge < -0.3 is 5.73 Å². The fraction of sp³-hybridized carbons (Fsp3) is 0. The maximum atomic E-state index is 12.2. The Morgan fingerprint density at radius 3 is 2.10 bits per heavy atom. The van der Waals surface area contributed by atoms with Crippen molar-refractivity contribution in [2.45, 2.75) is 4.90 Å². The molecule has 2 aromatic carbocycles. The minimum Gasteiger partial charge on any atom is -0.389 e. The van der Waals surface area contributed by atoms with Gasteiger partial charge in [0.2, 0.25) is 0 Å². The first-order valence-corrected chi connectivity index (χ1v) is 8.25. The summed E-state index contributed by atoms with van der Waals surface area (Å²) >= 11 is 8.11. The number of hydrogen-bond acceptors (Lipinski definition) is 3. The number of rotatable bonds is 4. The Balaban J connectivity index is 2.26. The second kappa shape index (κ2) is 5.90. The molecule has 0 unspecified atom stereocenters. The highest BCUT2D eigenvalue weighted by molar-refractivity contribution is 9.10. The Labute approximate surface area is 131 Å². The molecule has 7 heteroatoms. The number of sulfonamides is 1. The molecule has 0 radical (unpaired) electrons. The van der Waals surface area contributed by atoms with Crippen molar-refractivity contribution in [2.24, 2.45) is 5.73 Å². The molecule has 0 heterocycles. The van der Waals surface area contributed by atoms with Gasteiger partial charge in [-0.05, 0) is 36.4 Å². The molecular weight excluding hydrogens is 360 g/mol. The van der Waals surface area contributed by atoms with Crippen molar-refractivity contribution in [3.8, 4) is 0 Å². The smallest absolute Gasteiger partial charge is 0.261 e. The second-order valence-corrected chi connectivity index (χ2v) is 7.04. The molecule has 4 nitrogen and oxygen atoms in total. The van der Waals surface area contributed by atoms with Crippen LogP contribution >= 0.6 is 28.1 Å². The predicted octanol–water partition coefficient (Wildman–Crippen LogP) is 2.88. The lowest BCUT2D eigenvalue weighted by Crippen LogP contribution is -2.14. The summed E-state index contributed by atoms with van der Waals surface area (Å²) in [5.74, 6) is 0. The SMILES string of the molecule is NC(=S)c1ccc(S(=O)(=O)Nc2ccc(Br)cc2)cc1. The zero-order valence-corrected chi connectivity index (χ0v) is 13.4. The first kappa shape index (κ1) is 15.0. The molecule has 0 fully saturated rings. The molecule has 0 saturated heterocycles. The summed E-state index contributed by atoms with van der Waals surface area (Å²) in [7, 11) is -3.62. The van der Waals surface area contributed by atoms with E-state index < -0.39 is 10.0 Å². The number of nitrogens with two attached hydrogens (primary N) is 1. The van der Waals surface area contributed by atoms with E-state index in [0.717, 1.165) is 4.47 Å². The summed E-state index contributed by atoms with van der Waals surface area (Å²) in [6, 6.07) is 13.0. The molecule has 2 rings (SSSR count). The van der Waals surface area contributed by atoms with Gasteiger partial charge in [0.05, 0.1) is 4.90 Å². The molecule has 0 bridgehead atoms. The van der Waals surface area contributed by atoms with Crippen LogP contribution in [0.5, 0.6) is 0 Å². The molecule has 0 atom stereocenters. The van der Waals surface area contributed by atoms with Crippen molar-refractivity contribution in [3.05, 3.63) is 58.6 Å². The van der Waals surface area contributed by atoms with Gasteiger partial charge in [-0.15, -0.1) is 0 Å². The number of hydrogen-bond donors (Lipinski definition) is 2. The third kappa shape index (κ3) is 3.56. The van der Waals surface area contributed by atoms with Crippen molar-refractivity contribution in [2.75, 3.05) is 4.72 Å². The van der Waals surface area contributed by atoms with Crippen molar-refractivity contribution in [1.29, 1.82) is 0 Å². The quantitative estimate of drug-likeness (QED) is 0.811. The van der Waals surface area contributed by atoms with E-state index in [9.17, 15) is 8.42 Å². The lowest BCUT2D eigenvalue weighted by molar-refractivity contribution is 0.601. The molecule has 2 aromatic rings. The van der Waals surface area contributed by atoms with E-state index in [1.165, 1.54) is 12.1 Å². The number of anilines is 1. The highest BCUT2D eigenvalue weighted by atomic mass is 79.9. The monoisotopic (exact) mass is 370 g/mol. The van der Waals surface area contributed by atoms with E-state index in [0.29, 0.717) is 11.3 Å². The minimum atomic E-state index is -3.62. The minimum absolute atomic E-state index is 0.153. The number of thiocarbonyl (C=S) groups is 1. The van der Waals surface area contributed by atoms with Crippen LogP contribution in [0.3, 0.4) is 0 Å². The average Bonchev–Trinajstić information content (AvgIpc) is 2.41. The van der Waals surface area contributed by atoms with E-state index in [1.807, 2.05) is 0 Å². The first-order valence-electron chi connectivity index (χ1n) is 5.57. The topological polar surface area (TPSA) is 72.2 Å². The molecule has 0 aliphatic carbocycles. The Hall–Kier alpha value is -1.44. The normalized spacial score (nSPS) is 11.1. The number of nitrogens with one attached hydrogen (secondary N) is 1. The van der Waals surface area contributed by atoms with Crippen molar-refractivity contribution < 1.29 is 8.42 Å². The maximum absolute atomic E-state index is 12.2. The summed E-state index contributed by atoms with van der Waals surface area (Å²) in [4.78, 5) is 0.384. The van der Waals surface area contributed by atoms with E-state index in [-0.39, 0.29) is 9.88 Å². The van der Waals surface area contributed by atoms with Crippen molar-refractivity contribution in [3.63, 3.8) is 0 Å². The van der Waals surface area contributed by atoms with Gasteiger partial charge in [0.15, 0.2) is 0 Å². The van der Waals surface area contributed by atoms with Crippen LogP contribution in [0, 0.1) is 0 Å². The van der Waals surface area contributed by atoms with Crippen LogP contribution in [-0.4, -0.2) is 13.4 Å². The molecule has 0 aliphatic rings. The van der Waals surface area contributed by atoms with Gasteiger partial charge >= 0.3 is 0 Å². The Morgan fingerprint density at radius 1 is 1.05 bits per heavy atom. The van der Waals surface area contributed by atoms with Crippen LogP contribution in [0.25, 0.3) is 0 Å². The Kier molecular flexibility index (Phi) is 4.42. The van der Waals surface area contributed by atoms with Gasteiger partial charge in [-0.25, -0.2) is 8.42 Å². The Bertz CT molecular complexity index is 726. The fourth-order valence-corrected chi connectivity index (χ4v) is 2.99. The van der Waals surface area contributed by atoms with Crippen LogP contribution in [0.4, 0.5) is 5.69 Å². The molecule has 0 spiro atoms. The lowest BCUT2D eigenvalue weighted by atomic mass is 10.2. The fourth-order valence-electron chi connectivity index (χ4n) is 1.53. The zero-order chi connectivity index (χ0) is 14.8. The van der Waals surface area contributed by atoms with Gasteiger partial charge in [0.25, 0.3) is 10.0 Å². The van der Waals surface area contributed by atoms with Crippen LogP contribution in [0.15, 0.2) is 57.9 Å². The summed E-state index contributed by atoms with van der Waals surface area (Å²) in [5.41, 5.74) is 6.59. The van der Waals surface area contributed by atoms with Gasteiger partial charge in [0.1, 0.15) is 4.99 Å². The maximum Gasteiger partial charge on any atom is 0.261 e. The predicted molar refractivity (Wildman–Crippen MR) is 87.3 cm³/mol. The number of halogens is 1. The molecular formula is C13H11BrN2O2S2. The molecule has 20 heavy (non-hydrogen) atoms. The molecule has 0 amide bonds. The van der Waals surface area contributed by atoms with Crippen molar-refractivity contribution >= 4 is 48.8 Å². The van der Waals surface area contributed by atoms with Gasteiger partial charge in [0, 0.05) is 15.7 Å². The number of benzene rings is 2. The molecule has 0 aliphatic heterocycles. The van der Waals surface area contributed by atoms with Crippen molar-refractivity contribution in [1.82, 2.24) is 0 Å². The highest BCUT2D eigenvalue weighted by Gasteiger charge is 2.14. The zero-order valence-electron chi connectivity index (χ0n) is 10.2. The molecule has 0 aromatic heterocycles. The standard InChI is InChI=1S/C13H11BrN2O2S2/c14-10-3-5-11(6-4-10)16-20(17,18)12-7-1-9(2-8-12)13(15)19/h1-8,16H,(H2,15,19). The third-order valence-corrected chi connectivity index (χ3v) is 4.71. The summed E-state index contributed by atoms with van der Waals surface area (Å²) in [5, 5.41) is 0. The summed E-state index contributed by atoms with van der Waals surface area (Å²) in [6.07, 6.45) is 0. The molecule has 0 saturated carbocycles. The lowest BCUT2D eigenvalue weighted by Gasteiger charge is -2.08. The molecule has 3 N–H and O–H groups in total. The van der Waals surface area contributed by atoms with E-state index in [1.54, 1.807) is 36.4 Å². The van der Waals surface area contributed by atoms with Gasteiger partial charge in [-0.3, -0.25) is 4.72 Å². The van der Waals surface area contributed by atoms with E-state index in [2.05, 4.69) is 20.7 Å². The van der Waals surface area contributed by atoms with Gasteiger partial charge in [-0.1, -0.05) is 40.3 Å². The van der Waals surface area contributed by atoms with Crippen LogP contribution in [0.2, 0.25) is 0 Å². The molecule has 104 valence electrons. The average molecular weight is 371 g/mol. The first-order chi connectivity index (χ1) is 9.38. The van der Waals surface area contributed by atoms with Crippen LogP contribution in [-0.2, 0) is 10.0 Å². The Morgan fingerprint density at radius 2 is 1.60 bits per heavy atom. The summed E-state index contributed by atoms with van der Waals surface area (Å²) < 4.78 is 27.7. The second-order valence-electron chi connectivity index (χ2n) is 4.00. The van der Waals surface area contributed by atoms with Gasteiger partial charge in [-0.2, -0.15) is 0 Å². The van der Waals surface area contributed by atoms with Crippen LogP contribution < -0.4 is 10.5 Å². The highest BCUT2D eigenvalue weighted by Crippen LogP contribution is 2.19. The summed E-state index contributed by atoms with van der Waals surface area (Å²) in [6.45, 7) is 0. The third-order valence-electron chi connectivity index (χ3n) is 2.55. The largest absolute Gasteiger partial charge is 0.389 e. The van der Waals surface area contributed by atoms with Crippen LogP contribution in [0.1, 0.15) is 5.56 Å². The van der Waals surface area contributed by atoms with E-state index in [4.69, 9.17) is 18.0 Å².